The van der Waals surface area contributed by atoms with Crippen molar-refractivity contribution in [2.75, 3.05) is 4.90 Å². The molecule has 1 aromatic heterocycles. The number of aryl methyl sites for hydroxylation is 2. The third-order valence-corrected chi connectivity index (χ3v) is 5.91. The molecule has 0 spiro atoms. The summed E-state index contributed by atoms with van der Waals surface area (Å²) in [7, 11) is 0. The SMILES string of the molecule is Cc1ccc([C@H]2C[C@@H](c3ccc(C)cc3)n3ncnc3N2C(=O)C2CC2)cc1. The Labute approximate surface area is 165 Å². The molecule has 5 nitrogen and oxygen atoms in total. The van der Waals surface area contributed by atoms with Crippen LogP contribution in [0, 0.1) is 19.8 Å². The molecular weight excluding hydrogens is 348 g/mol. The Kier molecular flexibility index (Phi) is 4.04. The van der Waals surface area contributed by atoms with Crippen LogP contribution >= 0.6 is 0 Å². The van der Waals surface area contributed by atoms with Gasteiger partial charge in [0.15, 0.2) is 0 Å². The minimum absolute atomic E-state index is 0.0308. The average Bonchev–Trinajstić information content (AvgIpc) is 3.44. The standard InChI is InChI=1S/C23H24N4O/c1-15-3-7-17(8-4-15)20-13-21(18-9-5-16(2)6-10-18)27-23(24-14-25-27)26(20)22(28)19-11-12-19/h3-10,14,19-21H,11-13H2,1-2H3/t20-,21+/m1/s1. The predicted molar refractivity (Wildman–Crippen MR) is 108 cm³/mol. The fraction of sp³-hybridized carbons (Fsp3) is 0.348. The maximum atomic E-state index is 13.2. The van der Waals surface area contributed by atoms with E-state index in [1.54, 1.807) is 6.33 Å². The van der Waals surface area contributed by atoms with Crippen LogP contribution in [0.1, 0.15) is 53.6 Å². The number of nitrogens with zero attached hydrogens (tertiary/aromatic N) is 4. The summed E-state index contributed by atoms with van der Waals surface area (Å²) < 4.78 is 1.93. The van der Waals surface area contributed by atoms with Crippen molar-refractivity contribution in [1.29, 1.82) is 0 Å². The second-order valence-electron chi connectivity index (χ2n) is 8.08. The van der Waals surface area contributed by atoms with E-state index in [4.69, 9.17) is 0 Å². The molecule has 5 rings (SSSR count). The van der Waals surface area contributed by atoms with Crippen molar-refractivity contribution in [2.24, 2.45) is 5.92 Å². The highest BCUT2D eigenvalue weighted by atomic mass is 16.2. The van der Waals surface area contributed by atoms with Gasteiger partial charge in [-0.1, -0.05) is 59.7 Å². The molecule has 2 aromatic carbocycles. The van der Waals surface area contributed by atoms with Gasteiger partial charge in [0.05, 0.1) is 12.1 Å². The monoisotopic (exact) mass is 372 g/mol. The van der Waals surface area contributed by atoms with E-state index >= 15 is 0 Å². The molecule has 0 bridgehead atoms. The molecule has 1 aliphatic carbocycles. The quantitative estimate of drug-likeness (QED) is 0.686. The van der Waals surface area contributed by atoms with Gasteiger partial charge < -0.3 is 0 Å². The molecule has 2 atom stereocenters. The van der Waals surface area contributed by atoms with Crippen LogP contribution in [0.2, 0.25) is 0 Å². The second kappa shape index (κ2) is 6.59. The molecule has 1 amide bonds. The molecule has 142 valence electrons. The molecule has 2 heterocycles. The number of benzene rings is 2. The van der Waals surface area contributed by atoms with Crippen molar-refractivity contribution in [3.05, 3.63) is 77.1 Å². The van der Waals surface area contributed by atoms with E-state index in [0.717, 1.165) is 24.8 Å². The topological polar surface area (TPSA) is 51.0 Å². The molecule has 0 radical (unpaired) electrons. The summed E-state index contributed by atoms with van der Waals surface area (Å²) in [6.45, 7) is 4.18. The van der Waals surface area contributed by atoms with E-state index in [-0.39, 0.29) is 23.9 Å². The summed E-state index contributed by atoms with van der Waals surface area (Å²) in [6, 6.07) is 17.2. The molecule has 1 saturated carbocycles. The summed E-state index contributed by atoms with van der Waals surface area (Å²) >= 11 is 0. The van der Waals surface area contributed by atoms with Gasteiger partial charge >= 0.3 is 0 Å². The van der Waals surface area contributed by atoms with Crippen LogP contribution in [0.3, 0.4) is 0 Å². The van der Waals surface area contributed by atoms with Gasteiger partial charge in [0.1, 0.15) is 6.33 Å². The van der Waals surface area contributed by atoms with Crippen LogP contribution in [0.25, 0.3) is 0 Å². The highest BCUT2D eigenvalue weighted by molar-refractivity contribution is 5.96. The normalized spacial score (nSPS) is 21.4. The minimum atomic E-state index is -0.0308. The maximum Gasteiger partial charge on any atom is 0.233 e. The van der Waals surface area contributed by atoms with Crippen molar-refractivity contribution in [2.45, 2.75) is 45.2 Å². The summed E-state index contributed by atoms with van der Waals surface area (Å²) in [5, 5.41) is 4.50. The molecular formula is C23H24N4O. The Balaban J connectivity index is 1.62. The van der Waals surface area contributed by atoms with Gasteiger partial charge in [-0.25, -0.2) is 4.68 Å². The summed E-state index contributed by atoms with van der Waals surface area (Å²) in [5.74, 6) is 0.982. The molecule has 1 aliphatic heterocycles. The number of rotatable bonds is 3. The zero-order chi connectivity index (χ0) is 19.3. The second-order valence-corrected chi connectivity index (χ2v) is 8.08. The van der Waals surface area contributed by atoms with Gasteiger partial charge in [-0.05, 0) is 44.2 Å². The van der Waals surface area contributed by atoms with Crippen LogP contribution in [-0.2, 0) is 4.79 Å². The van der Waals surface area contributed by atoms with Crippen LogP contribution in [0.4, 0.5) is 5.95 Å². The first kappa shape index (κ1) is 17.2. The smallest absolute Gasteiger partial charge is 0.233 e. The van der Waals surface area contributed by atoms with Crippen LogP contribution in [0.5, 0.6) is 0 Å². The first-order valence-electron chi connectivity index (χ1n) is 9.97. The lowest BCUT2D eigenvalue weighted by molar-refractivity contribution is -0.120. The van der Waals surface area contributed by atoms with Gasteiger partial charge in [-0.2, -0.15) is 10.1 Å². The lowest BCUT2D eigenvalue weighted by atomic mass is 9.91. The molecule has 0 unspecified atom stereocenters. The number of amides is 1. The third-order valence-electron chi connectivity index (χ3n) is 5.91. The predicted octanol–water partition coefficient (Wildman–Crippen LogP) is 4.37. The van der Waals surface area contributed by atoms with Crippen molar-refractivity contribution in [3.63, 3.8) is 0 Å². The Bertz CT molecular complexity index is 1000. The molecule has 1 fully saturated rings. The molecule has 3 aromatic rings. The molecule has 0 saturated heterocycles. The minimum Gasteiger partial charge on any atom is -0.274 e. The zero-order valence-electron chi connectivity index (χ0n) is 16.2. The Morgan fingerprint density at radius 3 is 2.04 bits per heavy atom. The van der Waals surface area contributed by atoms with Crippen molar-refractivity contribution >= 4 is 11.9 Å². The van der Waals surface area contributed by atoms with Crippen molar-refractivity contribution in [1.82, 2.24) is 14.8 Å². The number of fused-ring (bicyclic) bond motifs is 1. The highest BCUT2D eigenvalue weighted by Crippen LogP contribution is 2.44. The van der Waals surface area contributed by atoms with Gasteiger partial charge in [-0.15, -0.1) is 0 Å². The lowest BCUT2D eigenvalue weighted by Crippen LogP contribution is -2.43. The first-order chi connectivity index (χ1) is 13.6. The fourth-order valence-electron chi connectivity index (χ4n) is 4.11. The molecule has 0 N–H and O–H groups in total. The number of aromatic nitrogens is 3. The van der Waals surface area contributed by atoms with Gasteiger partial charge in [0.2, 0.25) is 11.9 Å². The maximum absolute atomic E-state index is 13.2. The van der Waals surface area contributed by atoms with E-state index in [1.807, 2.05) is 9.58 Å². The van der Waals surface area contributed by atoms with Crippen LogP contribution in [-0.4, -0.2) is 20.7 Å². The zero-order valence-corrected chi connectivity index (χ0v) is 16.2. The van der Waals surface area contributed by atoms with E-state index in [0.29, 0.717) is 5.95 Å². The van der Waals surface area contributed by atoms with E-state index in [1.165, 1.54) is 16.7 Å². The fourth-order valence-corrected chi connectivity index (χ4v) is 4.11. The summed E-state index contributed by atoms with van der Waals surface area (Å²) in [5.41, 5.74) is 4.82. The van der Waals surface area contributed by atoms with Gasteiger partial charge in [0.25, 0.3) is 0 Å². The number of hydrogen-bond donors (Lipinski definition) is 0. The third kappa shape index (κ3) is 2.91. The number of carbonyl (C=O) groups excluding carboxylic acids is 1. The first-order valence-corrected chi connectivity index (χ1v) is 9.97. The summed E-state index contributed by atoms with van der Waals surface area (Å²) in [4.78, 5) is 19.6. The van der Waals surface area contributed by atoms with Crippen molar-refractivity contribution < 1.29 is 4.79 Å². The van der Waals surface area contributed by atoms with Crippen LogP contribution in [0.15, 0.2) is 54.9 Å². The lowest BCUT2D eigenvalue weighted by Gasteiger charge is -2.39. The summed E-state index contributed by atoms with van der Waals surface area (Å²) in [6.07, 6.45) is 4.32. The Morgan fingerprint density at radius 2 is 1.46 bits per heavy atom. The highest BCUT2D eigenvalue weighted by Gasteiger charge is 2.44. The molecule has 5 heteroatoms. The van der Waals surface area contributed by atoms with E-state index in [2.05, 4.69) is 72.5 Å². The van der Waals surface area contributed by atoms with E-state index < -0.39 is 0 Å². The van der Waals surface area contributed by atoms with E-state index in [9.17, 15) is 4.79 Å². The number of hydrogen-bond acceptors (Lipinski definition) is 3. The number of carbonyl (C=O) groups is 1. The Hall–Kier alpha value is -2.95. The molecule has 28 heavy (non-hydrogen) atoms. The van der Waals surface area contributed by atoms with Gasteiger partial charge in [0, 0.05) is 5.92 Å². The Morgan fingerprint density at radius 1 is 0.893 bits per heavy atom. The van der Waals surface area contributed by atoms with Crippen LogP contribution < -0.4 is 4.90 Å². The number of anilines is 1. The van der Waals surface area contributed by atoms with Gasteiger partial charge in [-0.3, -0.25) is 9.69 Å². The average molecular weight is 372 g/mol. The largest absolute Gasteiger partial charge is 0.274 e. The molecule has 2 aliphatic rings. The van der Waals surface area contributed by atoms with Crippen molar-refractivity contribution in [3.8, 4) is 0 Å².